The van der Waals surface area contributed by atoms with E-state index < -0.39 is 47.8 Å². The van der Waals surface area contributed by atoms with Crippen LogP contribution in [0.4, 0.5) is 0 Å². The number of amides is 1. The van der Waals surface area contributed by atoms with Crippen LogP contribution in [0.25, 0.3) is 0 Å². The molecule has 0 aliphatic carbocycles. The predicted molar refractivity (Wildman–Crippen MR) is 176 cm³/mol. The molecule has 1 rings (SSSR count). The summed E-state index contributed by atoms with van der Waals surface area (Å²) in [6, 6.07) is 5.94. The molecule has 0 saturated heterocycles. The van der Waals surface area contributed by atoms with Gasteiger partial charge in [-0.2, -0.15) is 0 Å². The summed E-state index contributed by atoms with van der Waals surface area (Å²) in [5, 5.41) is 42.1. The third-order valence-electron chi connectivity index (χ3n) is 8.20. The molecule has 46 heavy (non-hydrogen) atoms. The normalized spacial score (nSPS) is 14.0. The number of ketones is 1. The van der Waals surface area contributed by atoms with E-state index in [1.807, 2.05) is 12.1 Å². The van der Waals surface area contributed by atoms with Gasteiger partial charge in [-0.3, -0.25) is 14.4 Å². The van der Waals surface area contributed by atoms with Crippen LogP contribution in [-0.4, -0.2) is 61.7 Å². The summed E-state index contributed by atoms with van der Waals surface area (Å²) in [5.74, 6) is -7.55. The Kier molecular flexibility index (Phi) is 20.2. The largest absolute Gasteiger partial charge is 0.481 e. The smallest absolute Gasteiger partial charge is 0.337 e. The summed E-state index contributed by atoms with van der Waals surface area (Å²) < 4.78 is 0. The molecule has 3 atom stereocenters. The van der Waals surface area contributed by atoms with E-state index in [4.69, 9.17) is 0 Å². The van der Waals surface area contributed by atoms with Gasteiger partial charge in [-0.05, 0) is 49.7 Å². The van der Waals surface area contributed by atoms with Crippen molar-refractivity contribution in [3.63, 3.8) is 0 Å². The summed E-state index contributed by atoms with van der Waals surface area (Å²) in [6.07, 6.45) is 15.7. The van der Waals surface area contributed by atoms with Gasteiger partial charge in [-0.15, -0.1) is 0 Å². The van der Waals surface area contributed by atoms with E-state index in [1.165, 1.54) is 18.9 Å². The molecule has 0 aromatic heterocycles. The number of Topliss-reactive ketones (excluding diaryl/α,β-unsaturated/α-hetero) is 1. The average molecular weight is 646 g/mol. The van der Waals surface area contributed by atoms with Gasteiger partial charge in [0.25, 0.3) is 0 Å². The summed E-state index contributed by atoms with van der Waals surface area (Å²) in [5.41, 5.74) is -1.24. The molecule has 1 aromatic carbocycles. The summed E-state index contributed by atoms with van der Waals surface area (Å²) in [6.45, 7) is 4.27. The highest BCUT2D eigenvalue weighted by Gasteiger charge is 2.49. The second kappa shape index (κ2) is 22.9. The molecule has 0 aliphatic heterocycles. The quantitative estimate of drug-likeness (QED) is 0.0545. The van der Waals surface area contributed by atoms with E-state index in [-0.39, 0.29) is 12.2 Å². The number of allylic oxidation sites excluding steroid dienone is 1. The number of aliphatic carboxylic acids is 3. The van der Waals surface area contributed by atoms with Crippen LogP contribution in [0.1, 0.15) is 128 Å². The zero-order valence-corrected chi connectivity index (χ0v) is 27.7. The molecule has 258 valence electrons. The maximum absolute atomic E-state index is 13.3. The number of hydrogen-bond acceptors (Lipinski definition) is 6. The number of benzene rings is 1. The van der Waals surface area contributed by atoms with Crippen LogP contribution in [-0.2, 0) is 36.8 Å². The topological polar surface area (TPSA) is 178 Å². The monoisotopic (exact) mass is 645 g/mol. The van der Waals surface area contributed by atoms with Crippen molar-refractivity contribution in [1.29, 1.82) is 0 Å². The fourth-order valence-electron chi connectivity index (χ4n) is 5.35. The fraction of sp³-hybridized carbons (Fsp3) is 0.639. The van der Waals surface area contributed by atoms with Crippen molar-refractivity contribution >= 4 is 29.6 Å². The zero-order valence-electron chi connectivity index (χ0n) is 27.7. The van der Waals surface area contributed by atoms with Crippen LogP contribution in [0.5, 0.6) is 0 Å². The van der Waals surface area contributed by atoms with Crippen LogP contribution < -0.4 is 5.32 Å². The molecular weight excluding hydrogens is 590 g/mol. The number of rotatable bonds is 27. The van der Waals surface area contributed by atoms with Crippen LogP contribution >= 0.6 is 0 Å². The lowest BCUT2D eigenvalue weighted by atomic mass is 9.82. The molecule has 10 nitrogen and oxygen atoms in total. The minimum absolute atomic E-state index is 0.0848. The van der Waals surface area contributed by atoms with Crippen molar-refractivity contribution in [2.75, 3.05) is 0 Å². The van der Waals surface area contributed by atoms with Crippen molar-refractivity contribution in [2.45, 2.75) is 141 Å². The van der Waals surface area contributed by atoms with Crippen molar-refractivity contribution < 1.29 is 44.4 Å². The number of aliphatic hydroxyl groups is 1. The SMILES string of the molecule is CCCCCCCC(=O)CCCCCC/C=C/C(C(=O)NC(Cc1ccc(CCCCC)cc1)C(=O)O)C(O)(CC(=O)O)C(=O)O. The molecule has 3 unspecified atom stereocenters. The number of nitrogens with one attached hydrogen (secondary N) is 1. The first-order chi connectivity index (χ1) is 21.9. The van der Waals surface area contributed by atoms with Gasteiger partial charge in [0.05, 0.1) is 12.3 Å². The van der Waals surface area contributed by atoms with Gasteiger partial charge in [-0.25, -0.2) is 9.59 Å². The molecule has 1 amide bonds. The number of carbonyl (C=O) groups is 5. The lowest BCUT2D eigenvalue weighted by Crippen LogP contribution is -2.55. The average Bonchev–Trinajstić information content (AvgIpc) is 3.00. The summed E-state index contributed by atoms with van der Waals surface area (Å²) >= 11 is 0. The molecule has 0 saturated carbocycles. The van der Waals surface area contributed by atoms with E-state index in [0.29, 0.717) is 31.2 Å². The lowest BCUT2D eigenvalue weighted by molar-refractivity contribution is -0.172. The Morgan fingerprint density at radius 1 is 0.761 bits per heavy atom. The Bertz CT molecular complexity index is 1110. The first kappa shape index (κ1) is 40.5. The molecule has 5 N–H and O–H groups in total. The third kappa shape index (κ3) is 16.2. The number of carboxylic acid groups (broad SMARTS) is 3. The van der Waals surface area contributed by atoms with E-state index >= 15 is 0 Å². The van der Waals surface area contributed by atoms with Gasteiger partial charge in [-0.1, -0.05) is 102 Å². The van der Waals surface area contributed by atoms with E-state index in [9.17, 15) is 44.4 Å². The minimum Gasteiger partial charge on any atom is -0.481 e. The first-order valence-corrected chi connectivity index (χ1v) is 16.9. The van der Waals surface area contributed by atoms with Gasteiger partial charge in [0.15, 0.2) is 5.60 Å². The summed E-state index contributed by atoms with van der Waals surface area (Å²) in [7, 11) is 0. The molecule has 1 aromatic rings. The van der Waals surface area contributed by atoms with Crippen LogP contribution in [0.3, 0.4) is 0 Å². The Morgan fingerprint density at radius 3 is 1.85 bits per heavy atom. The second-order valence-corrected chi connectivity index (χ2v) is 12.2. The van der Waals surface area contributed by atoms with Gasteiger partial charge < -0.3 is 25.7 Å². The van der Waals surface area contributed by atoms with Crippen molar-refractivity contribution in [2.24, 2.45) is 5.92 Å². The third-order valence-corrected chi connectivity index (χ3v) is 8.20. The van der Waals surface area contributed by atoms with E-state index in [0.717, 1.165) is 75.8 Å². The molecule has 0 heterocycles. The molecule has 0 spiro atoms. The highest BCUT2D eigenvalue weighted by Crippen LogP contribution is 2.26. The molecule has 0 fully saturated rings. The Balaban J connectivity index is 2.81. The number of carbonyl (C=O) groups excluding carboxylic acids is 2. The Labute approximate surface area is 273 Å². The molecular formula is C36H55NO9. The van der Waals surface area contributed by atoms with Gasteiger partial charge in [0, 0.05) is 19.3 Å². The standard InChI is InChI=1S/C36H55NO9/c1-3-5-7-10-14-18-29(38)19-15-11-8-9-12-16-20-30(36(46,35(44)45)26-32(39)40)33(41)37-31(34(42)43)25-28-23-21-27(22-24-28)17-13-6-4-2/h16,20-24,30-31,46H,3-15,17-19,25-26H2,1-2H3,(H,37,41)(H,39,40)(H,42,43)(H,44,45)/b20-16+. The maximum atomic E-state index is 13.3. The van der Waals surface area contributed by atoms with Crippen LogP contribution in [0, 0.1) is 5.92 Å². The number of unbranched alkanes of at least 4 members (excludes halogenated alkanes) is 10. The van der Waals surface area contributed by atoms with Gasteiger partial charge in [0.1, 0.15) is 11.8 Å². The van der Waals surface area contributed by atoms with Crippen LogP contribution in [0.15, 0.2) is 36.4 Å². The first-order valence-electron chi connectivity index (χ1n) is 16.9. The van der Waals surface area contributed by atoms with E-state index in [2.05, 4.69) is 19.2 Å². The fourth-order valence-corrected chi connectivity index (χ4v) is 5.35. The second-order valence-electron chi connectivity index (χ2n) is 12.2. The number of aryl methyl sites for hydroxylation is 1. The summed E-state index contributed by atoms with van der Waals surface area (Å²) in [4.78, 5) is 60.9. The minimum atomic E-state index is -2.99. The predicted octanol–water partition coefficient (Wildman–Crippen LogP) is 6.26. The highest BCUT2D eigenvalue weighted by molar-refractivity contribution is 5.94. The molecule has 0 bridgehead atoms. The number of carboxylic acids is 3. The Morgan fingerprint density at radius 2 is 1.30 bits per heavy atom. The molecule has 0 aliphatic rings. The van der Waals surface area contributed by atoms with Crippen molar-refractivity contribution in [3.05, 3.63) is 47.5 Å². The van der Waals surface area contributed by atoms with Gasteiger partial charge >= 0.3 is 17.9 Å². The lowest BCUT2D eigenvalue weighted by Gasteiger charge is -2.29. The maximum Gasteiger partial charge on any atom is 0.337 e. The van der Waals surface area contributed by atoms with E-state index in [1.54, 1.807) is 12.1 Å². The van der Waals surface area contributed by atoms with Crippen LogP contribution in [0.2, 0.25) is 0 Å². The van der Waals surface area contributed by atoms with Crippen molar-refractivity contribution in [3.8, 4) is 0 Å². The highest BCUT2D eigenvalue weighted by atomic mass is 16.4. The zero-order chi connectivity index (χ0) is 34.4. The molecule has 10 heteroatoms. The molecule has 0 radical (unpaired) electrons. The van der Waals surface area contributed by atoms with Gasteiger partial charge in [0.2, 0.25) is 5.91 Å². The number of hydrogen-bond donors (Lipinski definition) is 5. The Hall–Kier alpha value is -3.53. The van der Waals surface area contributed by atoms with Crippen molar-refractivity contribution in [1.82, 2.24) is 5.32 Å².